The van der Waals surface area contributed by atoms with Crippen molar-refractivity contribution in [3.8, 4) is 0 Å². The second-order valence-corrected chi connectivity index (χ2v) is 23.4. The van der Waals surface area contributed by atoms with Crippen LogP contribution in [0.3, 0.4) is 0 Å². The maximum absolute atomic E-state index is 12.4. The van der Waals surface area contributed by atoms with Crippen molar-refractivity contribution in [2.45, 2.75) is 130 Å². The number of hydrogen-bond acceptors (Lipinski definition) is 13. The normalized spacial score (nSPS) is 11.8. The Morgan fingerprint density at radius 2 is 0.947 bits per heavy atom. The third-order valence-electron chi connectivity index (χ3n) is 8.18. The summed E-state index contributed by atoms with van der Waals surface area (Å²) in [6.07, 6.45) is 9.88. The molecule has 75 heavy (non-hydrogen) atoms. The number of nitrogens with two attached hydrogens (primary N) is 1. The Balaban J connectivity index is -0.000000274. The van der Waals surface area contributed by atoms with E-state index in [1.807, 2.05) is 147 Å². The van der Waals surface area contributed by atoms with Gasteiger partial charge in [0.2, 0.25) is 0 Å². The fraction of sp³-hybridized carbons (Fsp3) is 0.444. The third-order valence-corrected chi connectivity index (χ3v) is 12.3. The molecule has 0 bridgehead atoms. The monoisotopic (exact) mass is 1150 g/mol. The molecule has 0 unspecified atom stereocenters. The Morgan fingerprint density at radius 1 is 0.613 bits per heavy atom. The molecule has 6 rings (SSSR count). The van der Waals surface area contributed by atoms with Crippen LogP contribution < -0.4 is 9.86 Å². The predicted molar refractivity (Wildman–Crippen MR) is 310 cm³/mol. The van der Waals surface area contributed by atoms with Gasteiger partial charge in [-0.05, 0) is 138 Å². The summed E-state index contributed by atoms with van der Waals surface area (Å²) in [4.78, 5) is 39.6. The SMILES string of the molecule is CC(C)(C)[S@@](N)=O.CC(C)(C)[S@](=O)N=Cc1cnc2ccccc2c1.CCC[C@H](N[S@@](=O)C(C)(C)C)c1cnc2ccccc2c1.CCO.CCO.CCO.CCO.Cl.O=C=O.O=Cc1cnc2ccccc2c1.[Ti]. The molecule has 3 heterocycles. The molecule has 7 N–H and O–H groups in total. The van der Waals surface area contributed by atoms with Gasteiger partial charge in [0.1, 0.15) is 11.0 Å². The van der Waals surface area contributed by atoms with Gasteiger partial charge in [-0.1, -0.05) is 67.9 Å². The molecule has 0 spiro atoms. The number of hydrogen-bond donors (Lipinski definition) is 6. The van der Waals surface area contributed by atoms with Crippen molar-refractivity contribution in [1.82, 2.24) is 19.7 Å². The van der Waals surface area contributed by atoms with Gasteiger partial charge in [0.15, 0.2) is 6.29 Å². The predicted octanol–water partition coefficient (Wildman–Crippen LogP) is 9.53. The molecule has 21 heteroatoms. The van der Waals surface area contributed by atoms with E-state index in [9.17, 15) is 17.4 Å². The van der Waals surface area contributed by atoms with E-state index in [0.717, 1.165) is 63.0 Å². The Kier molecular flexibility index (Phi) is 48.8. The summed E-state index contributed by atoms with van der Waals surface area (Å²) in [5.74, 6) is 0. The molecule has 0 radical (unpaired) electrons. The Hall–Kier alpha value is -4.18. The minimum atomic E-state index is -1.23. The zero-order valence-corrected chi connectivity index (χ0v) is 50.9. The van der Waals surface area contributed by atoms with Crippen molar-refractivity contribution in [3.63, 3.8) is 0 Å². The fourth-order valence-corrected chi connectivity index (χ4v) is 6.14. The van der Waals surface area contributed by atoms with Gasteiger partial charge in [-0.25, -0.2) is 17.3 Å². The van der Waals surface area contributed by atoms with Crippen molar-refractivity contribution in [2.75, 3.05) is 26.4 Å². The van der Waals surface area contributed by atoms with Crippen LogP contribution in [0.5, 0.6) is 0 Å². The van der Waals surface area contributed by atoms with Crippen LogP contribution in [0, 0.1) is 0 Å². The van der Waals surface area contributed by atoms with Crippen molar-refractivity contribution in [1.29, 1.82) is 0 Å². The number of fused-ring (bicyclic) bond motifs is 3. The van der Waals surface area contributed by atoms with Gasteiger partial charge in [0, 0.05) is 106 Å². The van der Waals surface area contributed by atoms with Crippen LogP contribution in [0.2, 0.25) is 0 Å². The number of carbonyl (C=O) groups is 1. The minimum absolute atomic E-state index is 0. The molecular formula is C54H83ClN6O10S3Ti. The quantitative estimate of drug-likeness (QED) is 0.0471. The first-order chi connectivity index (χ1) is 34.3. The van der Waals surface area contributed by atoms with Crippen LogP contribution in [0.4, 0.5) is 0 Å². The van der Waals surface area contributed by atoms with Gasteiger partial charge in [-0.15, -0.1) is 12.4 Å². The van der Waals surface area contributed by atoms with E-state index < -0.39 is 33.0 Å². The van der Waals surface area contributed by atoms with Crippen molar-refractivity contribution in [3.05, 3.63) is 126 Å². The van der Waals surface area contributed by atoms with E-state index in [2.05, 4.69) is 43.1 Å². The molecule has 0 saturated heterocycles. The van der Waals surface area contributed by atoms with Crippen molar-refractivity contribution < 1.29 is 69.2 Å². The largest absolute Gasteiger partial charge is 0.397 e. The number of nitrogens with zero attached hydrogens (tertiary/aromatic N) is 4. The van der Waals surface area contributed by atoms with Gasteiger partial charge in [0.05, 0.1) is 52.8 Å². The topological polar surface area (TPSA) is 272 Å². The molecule has 0 fully saturated rings. The standard InChI is InChI=1S/C17H24N2OS.C14H16N2OS.C10H7NO.C4H11NOS.4C2H6O.CO2.ClH.Ti/c1-5-8-16(19-21(20)17(2,3)4)14-11-13-9-6-7-10-15(13)18-12-14;1-14(2,3)18(17)16-10-11-8-12-6-4-5-7-13(12)15-9-11;12-7-8-5-9-3-1-2-4-10(9)11-6-8;1-4(2,3)7(5)6;4*1-2-3;2-1-3;;/h6-7,9-12,16,19H,5,8H2,1-4H3;4-10H,1-3H3;1-7H;5H2,1-3H3;4*3H,2H2,1H3;;1H;/t16-,21-;18-;;7-;;;;;;;/m00.0......./s1. The van der Waals surface area contributed by atoms with E-state index in [0.29, 0.717) is 5.56 Å². The number of aliphatic hydroxyl groups is 4. The number of benzene rings is 3. The molecule has 6 aromatic rings. The van der Waals surface area contributed by atoms with Gasteiger partial charge in [-0.2, -0.15) is 14.0 Å². The van der Waals surface area contributed by atoms with Crippen LogP contribution in [0.25, 0.3) is 32.7 Å². The van der Waals surface area contributed by atoms with Crippen molar-refractivity contribution in [2.24, 2.45) is 9.54 Å². The van der Waals surface area contributed by atoms with E-state index in [4.69, 9.17) is 35.2 Å². The average molecular weight is 1160 g/mol. The Bertz CT molecular complexity index is 2560. The van der Waals surface area contributed by atoms with Crippen LogP contribution in [-0.2, 0) is 64.3 Å². The summed E-state index contributed by atoms with van der Waals surface area (Å²) in [6, 6.07) is 29.7. The summed E-state index contributed by atoms with van der Waals surface area (Å²) in [6.45, 7) is 27.0. The molecule has 0 saturated carbocycles. The van der Waals surface area contributed by atoms with Gasteiger partial charge in [0.25, 0.3) is 0 Å². The first kappa shape index (κ1) is 79.7. The van der Waals surface area contributed by atoms with Gasteiger partial charge < -0.3 is 20.4 Å². The number of halogens is 1. The van der Waals surface area contributed by atoms with Gasteiger partial charge in [-0.3, -0.25) is 24.9 Å². The first-order valence-electron chi connectivity index (χ1n) is 23.5. The van der Waals surface area contributed by atoms with E-state index in [1.54, 1.807) is 46.3 Å². The molecule has 3 aromatic carbocycles. The van der Waals surface area contributed by atoms with Crippen LogP contribution in [0.1, 0.15) is 137 Å². The molecule has 3 aromatic heterocycles. The minimum Gasteiger partial charge on any atom is -0.397 e. The second kappa shape index (κ2) is 46.0. The second-order valence-electron chi connectivity index (χ2n) is 17.7. The fourth-order valence-electron chi connectivity index (χ4n) is 4.74. The van der Waals surface area contributed by atoms with E-state index in [-0.39, 0.29) is 87.0 Å². The van der Waals surface area contributed by atoms with Gasteiger partial charge >= 0.3 is 6.15 Å². The van der Waals surface area contributed by atoms with Crippen molar-refractivity contribution >= 4 is 96.7 Å². The maximum Gasteiger partial charge on any atom is 0.373 e. The Labute approximate surface area is 474 Å². The zero-order valence-electron chi connectivity index (χ0n) is 46.1. The summed E-state index contributed by atoms with van der Waals surface area (Å²) in [5, 5.41) is 38.5. The number of aldehydes is 1. The number of aliphatic hydroxyl groups excluding tert-OH is 4. The first-order valence-corrected chi connectivity index (χ1v) is 27.0. The number of pyridine rings is 3. The molecule has 0 aliphatic carbocycles. The molecule has 0 aliphatic rings. The molecule has 0 amide bonds. The third kappa shape index (κ3) is 38.1. The Morgan fingerprint density at radius 3 is 1.28 bits per heavy atom. The van der Waals surface area contributed by atoms with Crippen LogP contribution in [-0.4, -0.2) is 107 Å². The summed E-state index contributed by atoms with van der Waals surface area (Å²) < 4.78 is 41.0. The van der Waals surface area contributed by atoms with Crippen LogP contribution >= 0.6 is 12.4 Å². The number of aromatic nitrogens is 3. The molecule has 0 aliphatic heterocycles. The average Bonchev–Trinajstić information content (AvgIpc) is 3.33. The van der Waals surface area contributed by atoms with E-state index >= 15 is 0 Å². The van der Waals surface area contributed by atoms with E-state index in [1.165, 1.54) is 0 Å². The maximum atomic E-state index is 12.4. The number of carbonyl (C=O) groups excluding carboxylic acids is 3. The molecular weight excluding hydrogens is 1070 g/mol. The smallest absolute Gasteiger partial charge is 0.373 e. The summed E-state index contributed by atoms with van der Waals surface area (Å²) in [7, 11) is -3.49. The molecule has 418 valence electrons. The van der Waals surface area contributed by atoms with Crippen LogP contribution in [0.15, 0.2) is 114 Å². The number of nitrogens with one attached hydrogen (secondary N) is 1. The molecule has 16 nitrogen and oxygen atoms in total. The summed E-state index contributed by atoms with van der Waals surface area (Å²) in [5.41, 5.74) is 5.45. The zero-order chi connectivity index (χ0) is 56.6. The number of rotatable bonds is 8. The summed E-state index contributed by atoms with van der Waals surface area (Å²) >= 11 is 0. The molecule has 4 atom stereocenters. The number of para-hydroxylation sites is 3.